The third kappa shape index (κ3) is 4.87. The number of amides is 2. The number of carbonyl (C=O) groups is 2. The van der Waals surface area contributed by atoms with Gasteiger partial charge < -0.3 is 19.7 Å². The second kappa shape index (κ2) is 8.41. The molecule has 0 bridgehead atoms. The summed E-state index contributed by atoms with van der Waals surface area (Å²) in [4.78, 5) is 25.4. The predicted molar refractivity (Wildman–Crippen MR) is 86.4 cm³/mol. The number of hydrogen-bond acceptors (Lipinski definition) is 4. The van der Waals surface area contributed by atoms with Gasteiger partial charge in [0.05, 0.1) is 20.1 Å². The maximum Gasteiger partial charge on any atom is 0.409 e. The molecule has 0 saturated carbocycles. The molecule has 0 radical (unpaired) electrons. The van der Waals surface area contributed by atoms with Crippen molar-refractivity contribution in [3.05, 3.63) is 29.8 Å². The van der Waals surface area contributed by atoms with E-state index in [1.807, 2.05) is 24.3 Å². The SMILES string of the molecule is COC(=O)N1CCC[C@@H](C(=O)NCCc2ccc(OC)cc2)C1. The highest BCUT2D eigenvalue weighted by molar-refractivity contribution is 5.80. The van der Waals surface area contributed by atoms with Crippen molar-refractivity contribution in [3.8, 4) is 5.75 Å². The quantitative estimate of drug-likeness (QED) is 0.899. The maximum absolute atomic E-state index is 12.2. The number of piperidine rings is 1. The van der Waals surface area contributed by atoms with E-state index in [1.165, 1.54) is 7.11 Å². The molecular weight excluding hydrogens is 296 g/mol. The summed E-state index contributed by atoms with van der Waals surface area (Å²) in [5.41, 5.74) is 1.14. The minimum absolute atomic E-state index is 0.00659. The number of methoxy groups -OCH3 is 2. The predicted octanol–water partition coefficient (Wildman–Crippen LogP) is 1.83. The van der Waals surface area contributed by atoms with Crippen molar-refractivity contribution in [3.63, 3.8) is 0 Å². The Morgan fingerprint density at radius 2 is 2.00 bits per heavy atom. The number of rotatable bonds is 5. The molecule has 6 nitrogen and oxygen atoms in total. The van der Waals surface area contributed by atoms with E-state index in [1.54, 1.807) is 12.0 Å². The summed E-state index contributed by atoms with van der Waals surface area (Å²) in [6, 6.07) is 7.80. The molecule has 126 valence electrons. The Hall–Kier alpha value is -2.24. The molecule has 1 saturated heterocycles. The Kier molecular flexibility index (Phi) is 6.26. The van der Waals surface area contributed by atoms with Crippen LogP contribution >= 0.6 is 0 Å². The van der Waals surface area contributed by atoms with Crippen LogP contribution in [0.1, 0.15) is 18.4 Å². The van der Waals surface area contributed by atoms with Gasteiger partial charge in [0, 0.05) is 19.6 Å². The van der Waals surface area contributed by atoms with Crippen molar-refractivity contribution >= 4 is 12.0 Å². The molecule has 1 aromatic rings. The van der Waals surface area contributed by atoms with E-state index < -0.39 is 0 Å². The van der Waals surface area contributed by atoms with Crippen molar-refractivity contribution in [2.45, 2.75) is 19.3 Å². The van der Waals surface area contributed by atoms with Gasteiger partial charge in [-0.2, -0.15) is 0 Å². The van der Waals surface area contributed by atoms with Crippen LogP contribution in [-0.4, -0.2) is 50.8 Å². The van der Waals surface area contributed by atoms with Crippen molar-refractivity contribution in [1.29, 1.82) is 0 Å². The maximum atomic E-state index is 12.2. The summed E-state index contributed by atoms with van der Waals surface area (Å²) in [6.45, 7) is 1.67. The third-order valence-corrected chi connectivity index (χ3v) is 4.10. The zero-order chi connectivity index (χ0) is 16.7. The van der Waals surface area contributed by atoms with E-state index in [-0.39, 0.29) is 17.9 Å². The fraction of sp³-hybridized carbons (Fsp3) is 0.529. The lowest BCUT2D eigenvalue weighted by molar-refractivity contribution is -0.126. The van der Waals surface area contributed by atoms with E-state index in [0.29, 0.717) is 19.6 Å². The van der Waals surface area contributed by atoms with Crippen LogP contribution in [0.3, 0.4) is 0 Å². The van der Waals surface area contributed by atoms with Gasteiger partial charge in [-0.25, -0.2) is 4.79 Å². The van der Waals surface area contributed by atoms with Crippen LogP contribution in [0.4, 0.5) is 4.79 Å². The first kappa shape index (κ1) is 17.1. The highest BCUT2D eigenvalue weighted by atomic mass is 16.5. The Morgan fingerprint density at radius 1 is 1.26 bits per heavy atom. The molecule has 0 aliphatic carbocycles. The molecule has 1 aliphatic heterocycles. The summed E-state index contributed by atoms with van der Waals surface area (Å²) in [6.07, 6.45) is 2.04. The van der Waals surface area contributed by atoms with E-state index in [9.17, 15) is 9.59 Å². The summed E-state index contributed by atoms with van der Waals surface area (Å²) < 4.78 is 9.84. The van der Waals surface area contributed by atoms with Gasteiger partial charge in [0.15, 0.2) is 0 Å². The van der Waals surface area contributed by atoms with Crippen LogP contribution in [0.15, 0.2) is 24.3 Å². The zero-order valence-electron chi connectivity index (χ0n) is 13.7. The topological polar surface area (TPSA) is 67.9 Å². The average molecular weight is 320 g/mol. The number of carbonyl (C=O) groups excluding carboxylic acids is 2. The van der Waals surface area contributed by atoms with Crippen LogP contribution in [0.25, 0.3) is 0 Å². The first-order chi connectivity index (χ1) is 11.1. The molecule has 6 heteroatoms. The Labute approximate surface area is 136 Å². The van der Waals surface area contributed by atoms with Crippen molar-refractivity contribution in [2.75, 3.05) is 33.9 Å². The minimum Gasteiger partial charge on any atom is -0.497 e. The molecule has 23 heavy (non-hydrogen) atoms. The zero-order valence-corrected chi connectivity index (χ0v) is 13.7. The van der Waals surface area contributed by atoms with E-state index >= 15 is 0 Å². The van der Waals surface area contributed by atoms with Crippen molar-refractivity contribution in [2.24, 2.45) is 5.92 Å². The summed E-state index contributed by atoms with van der Waals surface area (Å²) in [5.74, 6) is 0.675. The molecule has 2 rings (SSSR count). The molecule has 0 spiro atoms. The van der Waals surface area contributed by atoms with E-state index in [0.717, 1.165) is 30.6 Å². The van der Waals surface area contributed by atoms with Crippen LogP contribution in [0.2, 0.25) is 0 Å². The second-order valence-electron chi connectivity index (χ2n) is 5.64. The summed E-state index contributed by atoms with van der Waals surface area (Å²) >= 11 is 0. The monoisotopic (exact) mass is 320 g/mol. The molecule has 2 amide bonds. The lowest BCUT2D eigenvalue weighted by Crippen LogP contribution is -2.45. The number of nitrogens with one attached hydrogen (secondary N) is 1. The van der Waals surface area contributed by atoms with Gasteiger partial charge in [-0.05, 0) is 37.0 Å². The van der Waals surface area contributed by atoms with Crippen LogP contribution < -0.4 is 10.1 Å². The number of likely N-dealkylation sites (tertiary alicyclic amines) is 1. The minimum atomic E-state index is -0.360. The highest BCUT2D eigenvalue weighted by Crippen LogP contribution is 2.17. The standard InChI is InChI=1S/C17H24N2O4/c1-22-15-7-5-13(6-8-15)9-10-18-16(20)14-4-3-11-19(12-14)17(21)23-2/h5-8,14H,3-4,9-12H2,1-2H3,(H,18,20)/t14-/m1/s1. The Bertz CT molecular complexity index is 530. The molecule has 1 aliphatic rings. The van der Waals surface area contributed by atoms with Gasteiger partial charge in [0.25, 0.3) is 0 Å². The summed E-state index contributed by atoms with van der Waals surface area (Å²) in [5, 5.41) is 2.96. The van der Waals surface area contributed by atoms with Gasteiger partial charge in [0.2, 0.25) is 5.91 Å². The first-order valence-electron chi connectivity index (χ1n) is 7.87. The molecular formula is C17H24N2O4. The molecule has 1 atom stereocenters. The van der Waals surface area contributed by atoms with Crippen LogP contribution in [0.5, 0.6) is 5.75 Å². The van der Waals surface area contributed by atoms with Gasteiger partial charge in [-0.15, -0.1) is 0 Å². The fourth-order valence-electron chi connectivity index (χ4n) is 2.75. The number of hydrogen-bond donors (Lipinski definition) is 1. The fourth-order valence-corrected chi connectivity index (χ4v) is 2.75. The van der Waals surface area contributed by atoms with Gasteiger partial charge in [-0.1, -0.05) is 12.1 Å². The molecule has 1 heterocycles. The van der Waals surface area contributed by atoms with Crippen LogP contribution in [-0.2, 0) is 16.0 Å². The molecule has 0 aromatic heterocycles. The Balaban J connectivity index is 1.76. The number of benzene rings is 1. The first-order valence-corrected chi connectivity index (χ1v) is 7.87. The summed E-state index contributed by atoms with van der Waals surface area (Å²) in [7, 11) is 3.00. The van der Waals surface area contributed by atoms with Crippen molar-refractivity contribution in [1.82, 2.24) is 10.2 Å². The van der Waals surface area contributed by atoms with Gasteiger partial charge in [0.1, 0.15) is 5.75 Å². The lowest BCUT2D eigenvalue weighted by Gasteiger charge is -2.30. The second-order valence-corrected chi connectivity index (χ2v) is 5.64. The number of nitrogens with zero attached hydrogens (tertiary/aromatic N) is 1. The van der Waals surface area contributed by atoms with Crippen molar-refractivity contribution < 1.29 is 19.1 Å². The molecule has 1 fully saturated rings. The smallest absolute Gasteiger partial charge is 0.409 e. The van der Waals surface area contributed by atoms with Gasteiger partial charge >= 0.3 is 6.09 Å². The third-order valence-electron chi connectivity index (χ3n) is 4.10. The largest absolute Gasteiger partial charge is 0.497 e. The molecule has 1 aromatic carbocycles. The van der Waals surface area contributed by atoms with E-state index in [2.05, 4.69) is 5.32 Å². The van der Waals surface area contributed by atoms with E-state index in [4.69, 9.17) is 9.47 Å². The molecule has 0 unspecified atom stereocenters. The lowest BCUT2D eigenvalue weighted by atomic mass is 9.97. The number of ether oxygens (including phenoxy) is 2. The molecule has 1 N–H and O–H groups in total. The highest BCUT2D eigenvalue weighted by Gasteiger charge is 2.28. The average Bonchev–Trinajstić information content (AvgIpc) is 2.61. The van der Waals surface area contributed by atoms with Gasteiger partial charge in [-0.3, -0.25) is 4.79 Å². The Morgan fingerprint density at radius 3 is 2.65 bits per heavy atom. The normalized spacial score (nSPS) is 17.5. The van der Waals surface area contributed by atoms with Crippen LogP contribution in [0, 0.1) is 5.92 Å².